The predicted molar refractivity (Wildman–Crippen MR) is 102 cm³/mol. The summed E-state index contributed by atoms with van der Waals surface area (Å²) in [5.41, 5.74) is 15.3. The van der Waals surface area contributed by atoms with Crippen molar-refractivity contribution in [2.24, 2.45) is 16.9 Å². The van der Waals surface area contributed by atoms with E-state index in [4.69, 9.17) is 16.5 Å². The average molecular weight is 347 g/mol. The molecule has 2 aliphatic carbocycles. The van der Waals surface area contributed by atoms with E-state index in [2.05, 4.69) is 49.6 Å². The molecule has 4 N–H and O–H groups in total. The highest BCUT2D eigenvalue weighted by atomic mass is 32.2. The fourth-order valence-corrected chi connectivity index (χ4v) is 6.76. The van der Waals surface area contributed by atoms with Crippen LogP contribution in [-0.4, -0.2) is 34.6 Å². The number of nitrogens with zero attached hydrogens (tertiary/aromatic N) is 2. The normalized spacial score (nSPS) is 41.9. The van der Waals surface area contributed by atoms with Crippen LogP contribution in [0.15, 0.2) is 12.1 Å². The molecule has 1 saturated heterocycles. The first-order valence-corrected chi connectivity index (χ1v) is 10.2. The van der Waals surface area contributed by atoms with Crippen LogP contribution in [0.3, 0.4) is 0 Å². The second-order valence-corrected chi connectivity index (χ2v) is 10.5. The Balaban J connectivity index is 1.51. The van der Waals surface area contributed by atoms with E-state index in [1.807, 2.05) is 0 Å². The van der Waals surface area contributed by atoms with Gasteiger partial charge in [0.25, 0.3) is 0 Å². The Morgan fingerprint density at radius 3 is 2.33 bits per heavy atom. The van der Waals surface area contributed by atoms with Crippen molar-refractivity contribution in [1.82, 2.24) is 4.98 Å². The van der Waals surface area contributed by atoms with Crippen molar-refractivity contribution in [2.45, 2.75) is 68.5 Å². The molecule has 24 heavy (non-hydrogen) atoms. The number of thioether (sulfide) groups is 1. The fraction of sp³-hybridized carbons (Fsp3) is 0.737. The number of aryl methyl sites for hydroxylation is 1. The maximum Gasteiger partial charge on any atom is 0.128 e. The molecule has 5 heteroatoms. The van der Waals surface area contributed by atoms with Crippen LogP contribution in [-0.2, 0) is 5.54 Å². The Bertz CT molecular complexity index is 622. The molecule has 1 aliphatic heterocycles. The van der Waals surface area contributed by atoms with E-state index in [9.17, 15) is 0 Å². The molecule has 132 valence electrons. The zero-order chi connectivity index (χ0) is 17.1. The minimum Gasteiger partial charge on any atom is -0.354 e. The summed E-state index contributed by atoms with van der Waals surface area (Å²) < 4.78 is 0. The van der Waals surface area contributed by atoms with Crippen LogP contribution in [0.4, 0.5) is 5.82 Å². The summed E-state index contributed by atoms with van der Waals surface area (Å²) in [5.74, 6) is 1.11. The lowest BCUT2D eigenvalue weighted by atomic mass is 9.46. The highest BCUT2D eigenvalue weighted by molar-refractivity contribution is 8.00. The number of pyridine rings is 1. The highest BCUT2D eigenvalue weighted by Gasteiger charge is 2.58. The molecule has 2 atom stereocenters. The Morgan fingerprint density at radius 2 is 1.79 bits per heavy atom. The lowest BCUT2D eigenvalue weighted by Crippen LogP contribution is -2.63. The Labute approximate surface area is 149 Å². The van der Waals surface area contributed by atoms with Gasteiger partial charge in [-0.15, -0.1) is 0 Å². The third-order valence-corrected chi connectivity index (χ3v) is 7.35. The monoisotopic (exact) mass is 346 g/mol. The molecule has 2 saturated carbocycles. The number of rotatable bonds is 2. The smallest absolute Gasteiger partial charge is 0.128 e. The first-order valence-electron chi connectivity index (χ1n) is 9.22. The van der Waals surface area contributed by atoms with Crippen LogP contribution in [0.2, 0.25) is 0 Å². The number of hydrogen-bond acceptors (Lipinski definition) is 5. The van der Waals surface area contributed by atoms with Crippen LogP contribution in [0, 0.1) is 12.3 Å². The van der Waals surface area contributed by atoms with Gasteiger partial charge < -0.3 is 16.4 Å². The van der Waals surface area contributed by atoms with E-state index < -0.39 is 0 Å². The highest BCUT2D eigenvalue weighted by Crippen LogP contribution is 2.62. The molecule has 0 aromatic carbocycles. The molecule has 3 fully saturated rings. The zero-order valence-corrected chi connectivity index (χ0v) is 15.9. The molecule has 0 amide bonds. The van der Waals surface area contributed by atoms with E-state index >= 15 is 0 Å². The average Bonchev–Trinajstić information content (AvgIpc) is 2.42. The van der Waals surface area contributed by atoms with Crippen molar-refractivity contribution in [3.63, 3.8) is 0 Å². The SMILES string of the molecule is Cc1nc(N2CC(C)SC(C)C2)ccc1C1(N)CC2(CC(N)C2)C1. The second kappa shape index (κ2) is 5.61. The van der Waals surface area contributed by atoms with Crippen molar-refractivity contribution >= 4 is 17.6 Å². The molecule has 1 aromatic heterocycles. The van der Waals surface area contributed by atoms with Crippen molar-refractivity contribution in [3.05, 3.63) is 23.4 Å². The summed E-state index contributed by atoms with van der Waals surface area (Å²) in [6.07, 6.45) is 4.45. The number of aromatic nitrogens is 1. The Hall–Kier alpha value is -0.780. The van der Waals surface area contributed by atoms with Crippen LogP contribution >= 0.6 is 11.8 Å². The molecular weight excluding hydrogens is 316 g/mol. The van der Waals surface area contributed by atoms with E-state index in [0.29, 0.717) is 22.0 Å². The van der Waals surface area contributed by atoms with E-state index in [0.717, 1.165) is 50.3 Å². The van der Waals surface area contributed by atoms with Gasteiger partial charge in [0.15, 0.2) is 0 Å². The van der Waals surface area contributed by atoms with Gasteiger partial charge in [0.05, 0.1) is 0 Å². The molecule has 1 spiro atoms. The summed E-state index contributed by atoms with van der Waals surface area (Å²) in [6, 6.07) is 4.82. The standard InChI is InChI=1S/C19H30N4S/c1-12-8-23(9-13(2)24-12)17-5-4-16(14(3)22-17)19(21)10-18(11-19)6-15(20)7-18/h4-5,12-13,15H,6-11,20-21H2,1-3H3. The summed E-state index contributed by atoms with van der Waals surface area (Å²) in [7, 11) is 0. The molecule has 4 nitrogen and oxygen atoms in total. The van der Waals surface area contributed by atoms with Crippen molar-refractivity contribution in [1.29, 1.82) is 0 Å². The largest absolute Gasteiger partial charge is 0.354 e. The van der Waals surface area contributed by atoms with Gasteiger partial charge in [-0.3, -0.25) is 0 Å². The van der Waals surface area contributed by atoms with Gasteiger partial charge in [0, 0.05) is 40.9 Å². The molecule has 3 aliphatic rings. The number of hydrogen-bond donors (Lipinski definition) is 2. The maximum absolute atomic E-state index is 6.73. The van der Waals surface area contributed by atoms with E-state index in [1.54, 1.807) is 0 Å². The number of nitrogens with two attached hydrogens (primary N) is 2. The van der Waals surface area contributed by atoms with Gasteiger partial charge in [-0.1, -0.05) is 19.9 Å². The zero-order valence-electron chi connectivity index (χ0n) is 15.1. The number of anilines is 1. The first-order chi connectivity index (χ1) is 11.3. The molecule has 1 aromatic rings. The second-order valence-electron chi connectivity index (χ2n) is 8.64. The van der Waals surface area contributed by atoms with Gasteiger partial charge >= 0.3 is 0 Å². The van der Waals surface area contributed by atoms with E-state index in [1.165, 1.54) is 5.56 Å². The third kappa shape index (κ3) is 2.74. The molecule has 0 bridgehead atoms. The van der Waals surface area contributed by atoms with Gasteiger partial charge in [-0.25, -0.2) is 4.98 Å². The predicted octanol–water partition coefficient (Wildman–Crippen LogP) is 2.78. The summed E-state index contributed by atoms with van der Waals surface area (Å²) in [6.45, 7) is 8.89. The third-order valence-electron chi connectivity index (χ3n) is 6.12. The molecular formula is C19H30N4S. The quantitative estimate of drug-likeness (QED) is 0.862. The maximum atomic E-state index is 6.73. The molecule has 0 radical (unpaired) electrons. The van der Waals surface area contributed by atoms with Gasteiger partial charge in [-0.05, 0) is 49.7 Å². The lowest BCUT2D eigenvalue weighted by Gasteiger charge is -2.62. The van der Waals surface area contributed by atoms with Crippen LogP contribution in [0.5, 0.6) is 0 Å². The van der Waals surface area contributed by atoms with Crippen LogP contribution < -0.4 is 16.4 Å². The lowest BCUT2D eigenvalue weighted by molar-refractivity contribution is -0.0593. The molecule has 2 unspecified atom stereocenters. The summed E-state index contributed by atoms with van der Waals surface area (Å²) in [5, 5.41) is 1.32. The van der Waals surface area contributed by atoms with E-state index in [-0.39, 0.29) is 5.54 Å². The van der Waals surface area contributed by atoms with Crippen molar-refractivity contribution in [2.75, 3.05) is 18.0 Å². The summed E-state index contributed by atoms with van der Waals surface area (Å²) >= 11 is 2.07. The first kappa shape index (κ1) is 16.7. The molecule has 2 heterocycles. The topological polar surface area (TPSA) is 68.2 Å². The van der Waals surface area contributed by atoms with Gasteiger partial charge in [0.1, 0.15) is 5.82 Å². The Kier molecular flexibility index (Phi) is 3.90. The minimum absolute atomic E-state index is 0.186. The molecule has 4 rings (SSSR count). The minimum atomic E-state index is -0.186. The van der Waals surface area contributed by atoms with Gasteiger partial charge in [-0.2, -0.15) is 11.8 Å². The van der Waals surface area contributed by atoms with Crippen molar-refractivity contribution in [3.8, 4) is 0 Å². The Morgan fingerprint density at radius 1 is 1.17 bits per heavy atom. The van der Waals surface area contributed by atoms with Crippen LogP contribution in [0.1, 0.15) is 50.8 Å². The van der Waals surface area contributed by atoms with Crippen molar-refractivity contribution < 1.29 is 0 Å². The fourth-order valence-electron chi connectivity index (χ4n) is 5.43. The van der Waals surface area contributed by atoms with Gasteiger partial charge in [0.2, 0.25) is 0 Å². The van der Waals surface area contributed by atoms with Crippen LogP contribution in [0.25, 0.3) is 0 Å². The summed E-state index contributed by atoms with van der Waals surface area (Å²) in [4.78, 5) is 7.36.